The van der Waals surface area contributed by atoms with Crippen LogP contribution >= 0.6 is 23.4 Å². The number of amides is 1. The van der Waals surface area contributed by atoms with Crippen LogP contribution in [0.5, 0.6) is 5.75 Å². The van der Waals surface area contributed by atoms with Crippen LogP contribution in [0.3, 0.4) is 0 Å². The predicted molar refractivity (Wildman–Crippen MR) is 115 cm³/mol. The number of carbonyl (C=O) groups is 1. The summed E-state index contributed by atoms with van der Waals surface area (Å²) in [4.78, 5) is 12.9. The standard InChI is InChI=1S/C22H18ClFN2O2S/c23-18-8-10-20(11-9-18)29-15-22(27)26-25-13-16-4-3-6-19(12-16)28-14-17-5-1-2-7-21(17)24/h1-13H,14-15H2,(H,26,27)/b25-13-. The number of benzene rings is 3. The van der Waals surface area contributed by atoms with Gasteiger partial charge in [-0.2, -0.15) is 5.10 Å². The molecule has 3 aromatic rings. The highest BCUT2D eigenvalue weighted by atomic mass is 35.5. The van der Waals surface area contributed by atoms with Gasteiger partial charge in [0.05, 0.1) is 12.0 Å². The van der Waals surface area contributed by atoms with E-state index >= 15 is 0 Å². The second-order valence-corrected chi connectivity index (χ2v) is 7.47. The van der Waals surface area contributed by atoms with E-state index in [4.69, 9.17) is 16.3 Å². The van der Waals surface area contributed by atoms with E-state index in [1.807, 2.05) is 18.2 Å². The van der Waals surface area contributed by atoms with Crippen molar-refractivity contribution in [2.75, 3.05) is 5.75 Å². The third-order valence-electron chi connectivity index (χ3n) is 3.80. The molecule has 0 radical (unpaired) electrons. The van der Waals surface area contributed by atoms with Crippen molar-refractivity contribution >= 4 is 35.5 Å². The van der Waals surface area contributed by atoms with E-state index in [1.165, 1.54) is 24.0 Å². The zero-order chi connectivity index (χ0) is 20.5. The molecule has 0 saturated carbocycles. The van der Waals surface area contributed by atoms with Gasteiger partial charge in [-0.25, -0.2) is 9.82 Å². The Balaban J connectivity index is 1.47. The first kappa shape index (κ1) is 20.9. The van der Waals surface area contributed by atoms with Crippen molar-refractivity contribution in [3.63, 3.8) is 0 Å². The molecule has 7 heteroatoms. The lowest BCUT2D eigenvalue weighted by molar-refractivity contribution is -0.118. The highest BCUT2D eigenvalue weighted by molar-refractivity contribution is 8.00. The molecule has 0 aliphatic carbocycles. The Morgan fingerprint density at radius 3 is 2.69 bits per heavy atom. The van der Waals surface area contributed by atoms with Gasteiger partial charge in [-0.05, 0) is 48.0 Å². The molecular formula is C22H18ClFN2O2S. The van der Waals surface area contributed by atoms with Crippen molar-refractivity contribution in [1.82, 2.24) is 5.43 Å². The third kappa shape index (κ3) is 6.93. The second-order valence-electron chi connectivity index (χ2n) is 5.99. The van der Waals surface area contributed by atoms with Gasteiger partial charge in [0.1, 0.15) is 18.2 Å². The first-order chi connectivity index (χ1) is 14.1. The zero-order valence-corrected chi connectivity index (χ0v) is 16.9. The quantitative estimate of drug-likeness (QED) is 0.301. The lowest BCUT2D eigenvalue weighted by atomic mass is 10.2. The van der Waals surface area contributed by atoms with Crippen LogP contribution in [0.15, 0.2) is 82.8 Å². The largest absolute Gasteiger partial charge is 0.489 e. The van der Waals surface area contributed by atoms with Crippen LogP contribution in [-0.4, -0.2) is 17.9 Å². The van der Waals surface area contributed by atoms with Crippen LogP contribution in [0.2, 0.25) is 5.02 Å². The van der Waals surface area contributed by atoms with Crippen molar-refractivity contribution < 1.29 is 13.9 Å². The molecule has 0 bridgehead atoms. The summed E-state index contributed by atoms with van der Waals surface area (Å²) in [5, 5.41) is 4.62. The SMILES string of the molecule is O=C(CSc1ccc(Cl)cc1)N/N=C\c1cccc(OCc2ccccc2F)c1. The number of hydrogen-bond donors (Lipinski definition) is 1. The van der Waals surface area contributed by atoms with E-state index < -0.39 is 0 Å². The summed E-state index contributed by atoms with van der Waals surface area (Å²) in [6, 6.07) is 20.9. The highest BCUT2D eigenvalue weighted by Gasteiger charge is 2.03. The van der Waals surface area contributed by atoms with E-state index in [0.29, 0.717) is 16.3 Å². The maximum Gasteiger partial charge on any atom is 0.250 e. The van der Waals surface area contributed by atoms with E-state index in [9.17, 15) is 9.18 Å². The van der Waals surface area contributed by atoms with Gasteiger partial charge < -0.3 is 4.74 Å². The molecule has 3 aromatic carbocycles. The molecule has 0 fully saturated rings. The van der Waals surface area contributed by atoms with Crippen LogP contribution in [0, 0.1) is 5.82 Å². The Labute approximate surface area is 177 Å². The molecule has 0 aromatic heterocycles. The van der Waals surface area contributed by atoms with Crippen molar-refractivity contribution in [1.29, 1.82) is 0 Å². The lowest BCUT2D eigenvalue weighted by Gasteiger charge is -2.07. The summed E-state index contributed by atoms with van der Waals surface area (Å²) < 4.78 is 19.3. The average molecular weight is 429 g/mol. The number of hydrazone groups is 1. The van der Waals surface area contributed by atoms with Gasteiger partial charge in [-0.1, -0.05) is 41.9 Å². The summed E-state index contributed by atoms with van der Waals surface area (Å²) in [7, 11) is 0. The number of rotatable bonds is 8. The van der Waals surface area contributed by atoms with Crippen molar-refractivity contribution in [2.45, 2.75) is 11.5 Å². The van der Waals surface area contributed by atoms with Gasteiger partial charge in [-0.3, -0.25) is 4.79 Å². The minimum atomic E-state index is -0.301. The maximum absolute atomic E-state index is 13.7. The molecule has 4 nitrogen and oxygen atoms in total. The molecule has 1 amide bonds. The van der Waals surface area contributed by atoms with Gasteiger partial charge in [0.15, 0.2) is 0 Å². The fraction of sp³-hybridized carbons (Fsp3) is 0.0909. The van der Waals surface area contributed by atoms with Crippen molar-refractivity contribution in [3.8, 4) is 5.75 Å². The number of halogens is 2. The molecule has 148 valence electrons. The van der Waals surface area contributed by atoms with Crippen LogP contribution in [-0.2, 0) is 11.4 Å². The first-order valence-electron chi connectivity index (χ1n) is 8.77. The third-order valence-corrected chi connectivity index (χ3v) is 5.06. The second kappa shape index (κ2) is 10.6. The molecular weight excluding hydrogens is 411 g/mol. The number of hydrogen-bond acceptors (Lipinski definition) is 4. The van der Waals surface area contributed by atoms with Crippen molar-refractivity contribution in [3.05, 3.63) is 94.8 Å². The highest BCUT2D eigenvalue weighted by Crippen LogP contribution is 2.20. The monoisotopic (exact) mass is 428 g/mol. The lowest BCUT2D eigenvalue weighted by Crippen LogP contribution is -2.19. The maximum atomic E-state index is 13.7. The Hall–Kier alpha value is -2.83. The van der Waals surface area contributed by atoms with Gasteiger partial charge in [0.2, 0.25) is 5.91 Å². The number of ether oxygens (including phenoxy) is 1. The minimum absolute atomic E-state index is 0.131. The molecule has 1 N–H and O–H groups in total. The smallest absolute Gasteiger partial charge is 0.250 e. The Morgan fingerprint density at radius 2 is 1.90 bits per heavy atom. The molecule has 0 spiro atoms. The minimum Gasteiger partial charge on any atom is -0.489 e. The molecule has 0 aliphatic rings. The summed E-state index contributed by atoms with van der Waals surface area (Å²) in [6.45, 7) is 0.131. The van der Waals surface area contributed by atoms with Crippen LogP contribution in [0.25, 0.3) is 0 Å². The van der Waals surface area contributed by atoms with E-state index in [-0.39, 0.29) is 24.1 Å². The van der Waals surface area contributed by atoms with Crippen LogP contribution in [0.4, 0.5) is 4.39 Å². The van der Waals surface area contributed by atoms with E-state index in [0.717, 1.165) is 10.5 Å². The number of nitrogens with one attached hydrogen (secondary N) is 1. The molecule has 29 heavy (non-hydrogen) atoms. The predicted octanol–water partition coefficient (Wildman–Crippen LogP) is 5.30. The molecule has 0 atom stereocenters. The fourth-order valence-electron chi connectivity index (χ4n) is 2.35. The van der Waals surface area contributed by atoms with E-state index in [2.05, 4.69) is 10.5 Å². The molecule has 0 unspecified atom stereocenters. The topological polar surface area (TPSA) is 50.7 Å². The molecule has 0 heterocycles. The molecule has 0 saturated heterocycles. The number of nitrogens with zero attached hydrogens (tertiary/aromatic N) is 1. The molecule has 0 aliphatic heterocycles. The number of carbonyl (C=O) groups excluding carboxylic acids is 1. The van der Waals surface area contributed by atoms with Gasteiger partial charge in [0.25, 0.3) is 0 Å². The van der Waals surface area contributed by atoms with Gasteiger partial charge in [-0.15, -0.1) is 11.8 Å². The van der Waals surface area contributed by atoms with E-state index in [1.54, 1.807) is 48.5 Å². The van der Waals surface area contributed by atoms with Gasteiger partial charge in [0, 0.05) is 15.5 Å². The Morgan fingerprint density at radius 1 is 1.10 bits per heavy atom. The normalized spacial score (nSPS) is 10.8. The molecule has 3 rings (SSSR count). The van der Waals surface area contributed by atoms with Crippen LogP contribution < -0.4 is 10.2 Å². The van der Waals surface area contributed by atoms with Crippen LogP contribution in [0.1, 0.15) is 11.1 Å². The average Bonchev–Trinajstić information content (AvgIpc) is 2.73. The fourth-order valence-corrected chi connectivity index (χ4v) is 3.17. The summed E-state index contributed by atoms with van der Waals surface area (Å²) in [5.41, 5.74) is 3.73. The number of thioether (sulfide) groups is 1. The van der Waals surface area contributed by atoms with Gasteiger partial charge >= 0.3 is 0 Å². The zero-order valence-electron chi connectivity index (χ0n) is 15.3. The summed E-state index contributed by atoms with van der Waals surface area (Å²) in [6.07, 6.45) is 1.53. The Bertz CT molecular complexity index is 996. The van der Waals surface area contributed by atoms with Crippen molar-refractivity contribution in [2.24, 2.45) is 5.10 Å². The first-order valence-corrected chi connectivity index (χ1v) is 10.1. The summed E-state index contributed by atoms with van der Waals surface area (Å²) in [5.74, 6) is 0.310. The Kier molecular flexibility index (Phi) is 7.67. The summed E-state index contributed by atoms with van der Waals surface area (Å²) >= 11 is 7.23.